The van der Waals surface area contributed by atoms with Gasteiger partial charge >= 0.3 is 0 Å². The molecule has 7 heteroatoms. The quantitative estimate of drug-likeness (QED) is 0.940. The van der Waals surface area contributed by atoms with Crippen molar-refractivity contribution in [3.05, 3.63) is 34.1 Å². The minimum atomic E-state index is -0.832. The maximum atomic E-state index is 6.10. The number of rotatable bonds is 4. The first-order valence-electron chi connectivity index (χ1n) is 5.52. The first kappa shape index (κ1) is 14.3. The average Bonchev–Trinajstić information content (AvgIpc) is 2.82. The number of halogens is 2. The van der Waals surface area contributed by atoms with Gasteiger partial charge in [0, 0.05) is 7.11 Å². The summed E-state index contributed by atoms with van der Waals surface area (Å²) in [6.45, 7) is 2.03. The molecule has 1 aromatic heterocycles. The first-order chi connectivity index (χ1) is 8.95. The highest BCUT2D eigenvalue weighted by molar-refractivity contribution is 6.43. The molecular formula is C12H13Cl2N3O2. The summed E-state index contributed by atoms with van der Waals surface area (Å²) in [4.78, 5) is 4.25. The summed E-state index contributed by atoms with van der Waals surface area (Å²) in [7, 11) is 1.56. The highest BCUT2D eigenvalue weighted by Crippen LogP contribution is 2.33. The van der Waals surface area contributed by atoms with Crippen molar-refractivity contribution in [2.45, 2.75) is 12.5 Å². The summed E-state index contributed by atoms with van der Waals surface area (Å²) in [6.07, 6.45) is 0. The lowest BCUT2D eigenvalue weighted by molar-refractivity contribution is 0.135. The van der Waals surface area contributed by atoms with E-state index in [4.69, 9.17) is 38.2 Å². The van der Waals surface area contributed by atoms with Gasteiger partial charge in [0.05, 0.1) is 22.2 Å². The Kier molecular flexibility index (Phi) is 4.10. The third-order valence-corrected chi connectivity index (χ3v) is 3.38. The Morgan fingerprint density at radius 1 is 1.42 bits per heavy atom. The van der Waals surface area contributed by atoms with Crippen molar-refractivity contribution in [3.63, 3.8) is 0 Å². The van der Waals surface area contributed by atoms with Crippen LogP contribution in [0.2, 0.25) is 10.0 Å². The molecule has 0 bridgehead atoms. The second-order valence-electron chi connectivity index (χ2n) is 4.37. The van der Waals surface area contributed by atoms with E-state index in [1.165, 1.54) is 0 Å². The molecule has 0 saturated heterocycles. The zero-order chi connectivity index (χ0) is 14.0. The Hall–Kier alpha value is -1.14. The topological polar surface area (TPSA) is 74.2 Å². The van der Waals surface area contributed by atoms with Crippen LogP contribution in [0.5, 0.6) is 0 Å². The molecule has 0 radical (unpaired) electrons. The normalized spacial score (nSPS) is 14.4. The molecule has 1 unspecified atom stereocenters. The van der Waals surface area contributed by atoms with Crippen LogP contribution < -0.4 is 5.73 Å². The summed E-state index contributed by atoms with van der Waals surface area (Å²) in [5.74, 6) is 0.621. The van der Waals surface area contributed by atoms with Gasteiger partial charge in [0.25, 0.3) is 5.89 Å². The molecule has 0 spiro atoms. The Morgan fingerprint density at radius 2 is 2.16 bits per heavy atom. The van der Waals surface area contributed by atoms with E-state index in [0.29, 0.717) is 21.4 Å². The second-order valence-corrected chi connectivity index (χ2v) is 5.16. The molecule has 19 heavy (non-hydrogen) atoms. The smallest absolute Gasteiger partial charge is 0.259 e. The summed E-state index contributed by atoms with van der Waals surface area (Å²) in [6, 6.07) is 5.18. The number of methoxy groups -OCH3 is 1. The zero-order valence-electron chi connectivity index (χ0n) is 10.5. The van der Waals surface area contributed by atoms with Gasteiger partial charge in [-0.1, -0.05) is 34.4 Å². The van der Waals surface area contributed by atoms with Gasteiger partial charge in [-0.2, -0.15) is 4.98 Å². The van der Waals surface area contributed by atoms with Gasteiger partial charge in [-0.25, -0.2) is 0 Å². The van der Waals surface area contributed by atoms with Crippen LogP contribution in [0.25, 0.3) is 11.5 Å². The van der Waals surface area contributed by atoms with Crippen LogP contribution in [0.3, 0.4) is 0 Å². The monoisotopic (exact) mass is 301 g/mol. The fourth-order valence-electron chi connectivity index (χ4n) is 1.60. The Labute approximate surface area is 120 Å². The highest BCUT2D eigenvalue weighted by Gasteiger charge is 2.28. The average molecular weight is 302 g/mol. The molecule has 5 nitrogen and oxygen atoms in total. The fraction of sp³-hybridized carbons (Fsp3) is 0.333. The lowest BCUT2D eigenvalue weighted by atomic mass is 10.1. The lowest BCUT2D eigenvalue weighted by Gasteiger charge is -2.18. The number of benzene rings is 1. The number of aromatic nitrogens is 2. The Morgan fingerprint density at radius 3 is 2.84 bits per heavy atom. The van der Waals surface area contributed by atoms with Crippen molar-refractivity contribution < 1.29 is 9.26 Å². The second kappa shape index (κ2) is 5.46. The lowest BCUT2D eigenvalue weighted by Crippen LogP contribution is -2.38. The number of hydrogen-bond acceptors (Lipinski definition) is 5. The van der Waals surface area contributed by atoms with Gasteiger partial charge in [0.15, 0.2) is 5.82 Å². The highest BCUT2D eigenvalue weighted by atomic mass is 35.5. The fourth-order valence-corrected chi connectivity index (χ4v) is 1.98. The maximum Gasteiger partial charge on any atom is 0.259 e. The van der Waals surface area contributed by atoms with E-state index >= 15 is 0 Å². The largest absolute Gasteiger partial charge is 0.382 e. The Bertz CT molecular complexity index is 584. The third-order valence-electron chi connectivity index (χ3n) is 2.56. The zero-order valence-corrected chi connectivity index (χ0v) is 12.0. The van der Waals surface area contributed by atoms with Crippen LogP contribution >= 0.6 is 23.2 Å². The molecular weight excluding hydrogens is 289 g/mol. The predicted molar refractivity (Wildman–Crippen MR) is 73.2 cm³/mol. The van der Waals surface area contributed by atoms with E-state index in [-0.39, 0.29) is 12.5 Å². The van der Waals surface area contributed by atoms with Crippen molar-refractivity contribution in [2.24, 2.45) is 5.73 Å². The molecule has 0 saturated carbocycles. The van der Waals surface area contributed by atoms with Crippen LogP contribution in [0.1, 0.15) is 12.7 Å². The Balaban J connectivity index is 2.39. The van der Waals surface area contributed by atoms with Crippen molar-refractivity contribution in [1.29, 1.82) is 0 Å². The van der Waals surface area contributed by atoms with E-state index in [1.807, 2.05) is 0 Å². The molecule has 2 aromatic rings. The number of nitrogens with two attached hydrogens (primary N) is 1. The molecule has 0 fully saturated rings. The van der Waals surface area contributed by atoms with Gasteiger partial charge in [-0.05, 0) is 19.1 Å². The maximum absolute atomic E-state index is 6.10. The molecule has 2 N–H and O–H groups in total. The minimum absolute atomic E-state index is 0.273. The van der Waals surface area contributed by atoms with Crippen LogP contribution in [-0.4, -0.2) is 23.9 Å². The summed E-state index contributed by atoms with van der Waals surface area (Å²) in [5, 5.41) is 4.65. The van der Waals surface area contributed by atoms with Crippen LogP contribution in [0.15, 0.2) is 22.7 Å². The summed E-state index contributed by atoms with van der Waals surface area (Å²) >= 11 is 12.0. The molecule has 1 aromatic carbocycles. The van der Waals surface area contributed by atoms with E-state index in [1.54, 1.807) is 32.2 Å². The molecule has 2 rings (SSSR count). The van der Waals surface area contributed by atoms with Gasteiger partial charge in [0.2, 0.25) is 0 Å². The molecule has 1 heterocycles. The summed E-state index contributed by atoms with van der Waals surface area (Å²) in [5.41, 5.74) is 5.78. The molecule has 1 atom stereocenters. The number of ether oxygens (including phenoxy) is 1. The summed E-state index contributed by atoms with van der Waals surface area (Å²) < 4.78 is 10.2. The molecule has 0 amide bonds. The van der Waals surface area contributed by atoms with E-state index in [9.17, 15) is 0 Å². The molecule has 0 aliphatic carbocycles. The predicted octanol–water partition coefficient (Wildman–Crippen LogP) is 2.86. The van der Waals surface area contributed by atoms with Gasteiger partial charge in [-0.15, -0.1) is 0 Å². The first-order valence-corrected chi connectivity index (χ1v) is 6.27. The third kappa shape index (κ3) is 2.90. The van der Waals surface area contributed by atoms with Crippen molar-refractivity contribution in [3.8, 4) is 11.5 Å². The SMILES string of the molecule is COCC(C)(N)c1noc(-c2cccc(Cl)c2Cl)n1. The molecule has 0 aliphatic heterocycles. The molecule has 0 aliphatic rings. The van der Waals surface area contributed by atoms with Gasteiger partial charge in [-0.3, -0.25) is 0 Å². The number of nitrogens with zero attached hydrogens (tertiary/aromatic N) is 2. The number of hydrogen-bond donors (Lipinski definition) is 1. The van der Waals surface area contributed by atoms with Crippen LogP contribution in [0, 0.1) is 0 Å². The standard InChI is InChI=1S/C12H13Cl2N3O2/c1-12(15,6-18-2)11-16-10(19-17-11)7-4-3-5-8(13)9(7)14/h3-5H,6,15H2,1-2H3. The van der Waals surface area contributed by atoms with E-state index in [2.05, 4.69) is 10.1 Å². The van der Waals surface area contributed by atoms with Crippen LogP contribution in [0.4, 0.5) is 0 Å². The van der Waals surface area contributed by atoms with Gasteiger partial charge in [0.1, 0.15) is 5.54 Å². The van der Waals surface area contributed by atoms with Gasteiger partial charge < -0.3 is 15.0 Å². The van der Waals surface area contributed by atoms with Crippen LogP contribution in [-0.2, 0) is 10.3 Å². The molecule has 102 valence electrons. The van der Waals surface area contributed by atoms with Crippen molar-refractivity contribution >= 4 is 23.2 Å². The minimum Gasteiger partial charge on any atom is -0.382 e. The van der Waals surface area contributed by atoms with E-state index in [0.717, 1.165) is 0 Å². The van der Waals surface area contributed by atoms with E-state index < -0.39 is 5.54 Å². The van der Waals surface area contributed by atoms with Crippen molar-refractivity contribution in [1.82, 2.24) is 10.1 Å². The van der Waals surface area contributed by atoms with Crippen molar-refractivity contribution in [2.75, 3.05) is 13.7 Å².